The molecule has 0 aliphatic carbocycles. The molecule has 3 heteroatoms. The van der Waals surface area contributed by atoms with E-state index in [-0.39, 0.29) is 0 Å². The molecule has 0 aliphatic heterocycles. The summed E-state index contributed by atoms with van der Waals surface area (Å²) in [5.41, 5.74) is 1.25. The maximum Gasteiger partial charge on any atom is 0.130 e. The van der Waals surface area contributed by atoms with E-state index in [0.717, 1.165) is 11.6 Å². The van der Waals surface area contributed by atoms with Gasteiger partial charge in [-0.05, 0) is 19.9 Å². The number of rotatable bonds is 3. The van der Waals surface area contributed by atoms with E-state index in [1.54, 1.807) is 0 Å². The molecule has 86 valence electrons. The van der Waals surface area contributed by atoms with Gasteiger partial charge in [0.05, 0.1) is 12.0 Å². The molecule has 0 saturated carbocycles. The van der Waals surface area contributed by atoms with Gasteiger partial charge in [-0.2, -0.15) is 0 Å². The standard InChI is InChI=1S/C13H18N2O/c1-5-16-11-8-6-7-10-9(2)15(4)13(14-3)12(10)11/h6-8,14H,5H2,1-4H3. The minimum Gasteiger partial charge on any atom is -0.493 e. The number of anilines is 1. The molecular weight excluding hydrogens is 200 g/mol. The van der Waals surface area contributed by atoms with Gasteiger partial charge < -0.3 is 14.6 Å². The molecule has 1 aromatic heterocycles. The zero-order valence-corrected chi connectivity index (χ0v) is 10.3. The molecule has 0 aliphatic rings. The molecule has 2 rings (SSSR count). The number of hydrogen-bond acceptors (Lipinski definition) is 2. The topological polar surface area (TPSA) is 26.2 Å². The SMILES string of the molecule is CCOc1cccc2c(C)n(C)c(NC)c12. The molecule has 1 aromatic carbocycles. The maximum absolute atomic E-state index is 5.68. The fourth-order valence-electron chi connectivity index (χ4n) is 2.16. The van der Waals surface area contributed by atoms with Gasteiger partial charge in [-0.15, -0.1) is 0 Å². The van der Waals surface area contributed by atoms with Crippen molar-refractivity contribution >= 4 is 16.6 Å². The first-order valence-corrected chi connectivity index (χ1v) is 5.59. The minimum atomic E-state index is 0.691. The normalized spacial score (nSPS) is 10.8. The van der Waals surface area contributed by atoms with Crippen molar-refractivity contribution in [1.29, 1.82) is 0 Å². The van der Waals surface area contributed by atoms with Crippen molar-refractivity contribution in [2.75, 3.05) is 19.0 Å². The van der Waals surface area contributed by atoms with Crippen LogP contribution in [-0.4, -0.2) is 18.2 Å². The summed E-state index contributed by atoms with van der Waals surface area (Å²) in [6.07, 6.45) is 0. The number of fused-ring (bicyclic) bond motifs is 1. The second kappa shape index (κ2) is 4.08. The van der Waals surface area contributed by atoms with Crippen LogP contribution < -0.4 is 10.1 Å². The Labute approximate surface area is 96.0 Å². The molecule has 0 saturated heterocycles. The first-order valence-electron chi connectivity index (χ1n) is 5.59. The van der Waals surface area contributed by atoms with Crippen molar-refractivity contribution in [3.63, 3.8) is 0 Å². The van der Waals surface area contributed by atoms with E-state index in [4.69, 9.17) is 4.74 Å². The van der Waals surface area contributed by atoms with Gasteiger partial charge in [0.1, 0.15) is 11.6 Å². The summed E-state index contributed by atoms with van der Waals surface area (Å²) in [6, 6.07) is 6.19. The average molecular weight is 218 g/mol. The van der Waals surface area contributed by atoms with Crippen LogP contribution in [0.5, 0.6) is 5.75 Å². The highest BCUT2D eigenvalue weighted by Gasteiger charge is 2.14. The van der Waals surface area contributed by atoms with Crippen LogP contribution in [0.4, 0.5) is 5.82 Å². The van der Waals surface area contributed by atoms with Crippen molar-refractivity contribution < 1.29 is 4.74 Å². The van der Waals surface area contributed by atoms with Crippen LogP contribution in [0.1, 0.15) is 12.6 Å². The van der Waals surface area contributed by atoms with Crippen molar-refractivity contribution in [2.24, 2.45) is 7.05 Å². The van der Waals surface area contributed by atoms with E-state index in [0.29, 0.717) is 6.61 Å². The van der Waals surface area contributed by atoms with Crippen molar-refractivity contribution in [3.8, 4) is 5.75 Å². The van der Waals surface area contributed by atoms with Gasteiger partial charge >= 0.3 is 0 Å². The summed E-state index contributed by atoms with van der Waals surface area (Å²) in [7, 11) is 4.01. The van der Waals surface area contributed by atoms with Crippen LogP contribution in [0.2, 0.25) is 0 Å². The van der Waals surface area contributed by atoms with Gasteiger partial charge in [0, 0.05) is 25.2 Å². The number of nitrogens with zero attached hydrogens (tertiary/aromatic N) is 1. The fourth-order valence-corrected chi connectivity index (χ4v) is 2.16. The Morgan fingerprint density at radius 2 is 2.12 bits per heavy atom. The van der Waals surface area contributed by atoms with Gasteiger partial charge in [0.25, 0.3) is 0 Å². The summed E-state index contributed by atoms with van der Waals surface area (Å²) in [6.45, 7) is 4.82. The summed E-state index contributed by atoms with van der Waals surface area (Å²) in [4.78, 5) is 0. The molecule has 0 fully saturated rings. The van der Waals surface area contributed by atoms with E-state index in [1.165, 1.54) is 16.5 Å². The van der Waals surface area contributed by atoms with Gasteiger partial charge in [-0.3, -0.25) is 0 Å². The Morgan fingerprint density at radius 3 is 2.75 bits per heavy atom. The van der Waals surface area contributed by atoms with Gasteiger partial charge in [0.15, 0.2) is 0 Å². The van der Waals surface area contributed by atoms with E-state index in [1.807, 2.05) is 26.1 Å². The van der Waals surface area contributed by atoms with Gasteiger partial charge in [0.2, 0.25) is 0 Å². The lowest BCUT2D eigenvalue weighted by atomic mass is 10.1. The Bertz CT molecular complexity index is 514. The molecule has 0 atom stereocenters. The van der Waals surface area contributed by atoms with E-state index in [9.17, 15) is 0 Å². The Morgan fingerprint density at radius 1 is 1.38 bits per heavy atom. The molecule has 16 heavy (non-hydrogen) atoms. The molecule has 1 N–H and O–H groups in total. The molecule has 0 unspecified atom stereocenters. The van der Waals surface area contributed by atoms with E-state index in [2.05, 4.69) is 29.9 Å². The fraction of sp³-hybridized carbons (Fsp3) is 0.385. The van der Waals surface area contributed by atoms with Crippen molar-refractivity contribution in [1.82, 2.24) is 4.57 Å². The largest absolute Gasteiger partial charge is 0.493 e. The highest BCUT2D eigenvalue weighted by molar-refractivity contribution is 6.00. The van der Waals surface area contributed by atoms with Crippen LogP contribution >= 0.6 is 0 Å². The predicted octanol–water partition coefficient (Wildman–Crippen LogP) is 2.93. The highest BCUT2D eigenvalue weighted by Crippen LogP contribution is 2.36. The Balaban J connectivity index is 2.79. The molecule has 0 spiro atoms. The Kier molecular flexibility index (Phi) is 2.77. The lowest BCUT2D eigenvalue weighted by Crippen LogP contribution is -1.99. The molecular formula is C13H18N2O. The molecule has 0 bridgehead atoms. The van der Waals surface area contributed by atoms with Crippen LogP contribution in [0, 0.1) is 6.92 Å². The van der Waals surface area contributed by atoms with Crippen molar-refractivity contribution in [3.05, 3.63) is 23.9 Å². The molecule has 0 amide bonds. The van der Waals surface area contributed by atoms with E-state index >= 15 is 0 Å². The monoisotopic (exact) mass is 218 g/mol. The van der Waals surface area contributed by atoms with Crippen LogP contribution in [-0.2, 0) is 7.05 Å². The first-order chi connectivity index (χ1) is 7.70. The second-order valence-corrected chi connectivity index (χ2v) is 3.85. The first kappa shape index (κ1) is 10.9. The third-order valence-corrected chi connectivity index (χ3v) is 3.03. The number of ether oxygens (including phenoxy) is 1. The smallest absolute Gasteiger partial charge is 0.130 e. The van der Waals surface area contributed by atoms with Crippen LogP contribution in [0.25, 0.3) is 10.8 Å². The quantitative estimate of drug-likeness (QED) is 0.857. The summed E-state index contributed by atoms with van der Waals surface area (Å²) < 4.78 is 7.84. The molecule has 0 radical (unpaired) electrons. The van der Waals surface area contributed by atoms with Crippen LogP contribution in [0.3, 0.4) is 0 Å². The Hall–Kier alpha value is -1.64. The number of aryl methyl sites for hydroxylation is 1. The molecule has 3 nitrogen and oxygen atoms in total. The zero-order chi connectivity index (χ0) is 11.7. The summed E-state index contributed by atoms with van der Waals surface area (Å²) >= 11 is 0. The lowest BCUT2D eigenvalue weighted by Gasteiger charge is -2.07. The summed E-state index contributed by atoms with van der Waals surface area (Å²) in [5.74, 6) is 2.06. The van der Waals surface area contributed by atoms with Gasteiger partial charge in [-0.25, -0.2) is 0 Å². The predicted molar refractivity (Wildman–Crippen MR) is 68.4 cm³/mol. The molecule has 1 heterocycles. The lowest BCUT2D eigenvalue weighted by molar-refractivity contribution is 0.344. The number of nitrogens with one attached hydrogen (secondary N) is 1. The minimum absolute atomic E-state index is 0.691. The number of hydrogen-bond donors (Lipinski definition) is 1. The number of aromatic nitrogens is 1. The maximum atomic E-state index is 5.68. The third kappa shape index (κ3) is 1.43. The number of benzene rings is 1. The van der Waals surface area contributed by atoms with Gasteiger partial charge in [-0.1, -0.05) is 12.1 Å². The average Bonchev–Trinajstić information content (AvgIpc) is 2.54. The zero-order valence-electron chi connectivity index (χ0n) is 10.3. The molecule has 2 aromatic rings. The highest BCUT2D eigenvalue weighted by atomic mass is 16.5. The third-order valence-electron chi connectivity index (χ3n) is 3.03. The van der Waals surface area contributed by atoms with Crippen molar-refractivity contribution in [2.45, 2.75) is 13.8 Å². The van der Waals surface area contributed by atoms with E-state index < -0.39 is 0 Å². The van der Waals surface area contributed by atoms with Crippen LogP contribution in [0.15, 0.2) is 18.2 Å². The summed E-state index contributed by atoms with van der Waals surface area (Å²) in [5, 5.41) is 5.66. The second-order valence-electron chi connectivity index (χ2n) is 3.85.